The Balaban J connectivity index is 3.53. The van der Waals surface area contributed by atoms with Gasteiger partial charge in [-0.3, -0.25) is 0 Å². The second-order valence-corrected chi connectivity index (χ2v) is 4.03. The second kappa shape index (κ2) is 5.17. The molecule has 0 amide bonds. The van der Waals surface area contributed by atoms with Crippen LogP contribution in [-0.2, 0) is 0 Å². The van der Waals surface area contributed by atoms with Crippen LogP contribution in [0.5, 0.6) is 0 Å². The van der Waals surface area contributed by atoms with E-state index in [4.69, 9.17) is 0 Å². The predicted molar refractivity (Wildman–Crippen MR) is 52.6 cm³/mol. The summed E-state index contributed by atoms with van der Waals surface area (Å²) in [6.45, 7) is 8.90. The molecule has 64 valence electrons. The van der Waals surface area contributed by atoms with Crippen LogP contribution in [-0.4, -0.2) is 0 Å². The molecule has 0 unspecified atom stereocenters. The minimum Gasteiger partial charge on any atom is -0.0848 e. The molecular formula is C11H20. The fourth-order valence-corrected chi connectivity index (χ4v) is 0.715. The van der Waals surface area contributed by atoms with E-state index >= 15 is 0 Å². The van der Waals surface area contributed by atoms with Crippen molar-refractivity contribution in [1.29, 1.82) is 0 Å². The lowest BCUT2D eigenvalue weighted by Crippen LogP contribution is -2.01. The maximum Gasteiger partial charge on any atom is -0.0299 e. The van der Waals surface area contributed by atoms with Crippen molar-refractivity contribution in [2.75, 3.05) is 0 Å². The van der Waals surface area contributed by atoms with E-state index in [1.807, 2.05) is 0 Å². The van der Waals surface area contributed by atoms with Crippen molar-refractivity contribution in [3.63, 3.8) is 0 Å². The van der Waals surface area contributed by atoms with Gasteiger partial charge in [0, 0.05) is 0 Å². The Labute approximate surface area is 71.0 Å². The van der Waals surface area contributed by atoms with E-state index in [9.17, 15) is 0 Å². The molecule has 0 aromatic carbocycles. The molecule has 0 bridgehead atoms. The van der Waals surface area contributed by atoms with E-state index in [0.717, 1.165) is 12.8 Å². The maximum absolute atomic E-state index is 2.25. The third-order valence-corrected chi connectivity index (χ3v) is 1.35. The first kappa shape index (κ1) is 10.5. The average Bonchev–Trinajstić information content (AvgIpc) is 1.85. The SMILES string of the molecule is CCC=CC=CCC(C)(C)C. The topological polar surface area (TPSA) is 0 Å². The fourth-order valence-electron chi connectivity index (χ4n) is 0.715. The monoisotopic (exact) mass is 152 g/mol. The number of rotatable bonds is 3. The molecule has 0 fully saturated rings. The highest BCUT2D eigenvalue weighted by molar-refractivity contribution is 5.02. The Morgan fingerprint density at radius 1 is 1.00 bits per heavy atom. The van der Waals surface area contributed by atoms with Crippen molar-refractivity contribution in [3.8, 4) is 0 Å². The summed E-state index contributed by atoms with van der Waals surface area (Å²) in [7, 11) is 0. The van der Waals surface area contributed by atoms with Crippen molar-refractivity contribution in [1.82, 2.24) is 0 Å². The predicted octanol–water partition coefficient (Wildman–Crippen LogP) is 3.95. The van der Waals surface area contributed by atoms with Gasteiger partial charge >= 0.3 is 0 Å². The Kier molecular flexibility index (Phi) is 4.93. The van der Waals surface area contributed by atoms with E-state index in [2.05, 4.69) is 52.0 Å². The minimum absolute atomic E-state index is 0.427. The smallest absolute Gasteiger partial charge is 0.0299 e. The van der Waals surface area contributed by atoms with E-state index < -0.39 is 0 Å². The molecule has 0 saturated heterocycles. The molecule has 0 aliphatic rings. The molecule has 0 rings (SSSR count). The van der Waals surface area contributed by atoms with Crippen LogP contribution in [0, 0.1) is 5.41 Å². The van der Waals surface area contributed by atoms with Crippen molar-refractivity contribution in [2.45, 2.75) is 40.5 Å². The first-order valence-electron chi connectivity index (χ1n) is 4.38. The molecular weight excluding hydrogens is 132 g/mol. The summed E-state index contributed by atoms with van der Waals surface area (Å²) in [4.78, 5) is 0. The van der Waals surface area contributed by atoms with Gasteiger partial charge in [-0.1, -0.05) is 52.0 Å². The lowest BCUT2D eigenvalue weighted by molar-refractivity contribution is 0.420. The summed E-state index contributed by atoms with van der Waals surface area (Å²) in [5.74, 6) is 0. The summed E-state index contributed by atoms with van der Waals surface area (Å²) in [6, 6.07) is 0. The van der Waals surface area contributed by atoms with Gasteiger partial charge in [0.1, 0.15) is 0 Å². The summed E-state index contributed by atoms with van der Waals surface area (Å²) in [5.41, 5.74) is 0.427. The highest BCUT2D eigenvalue weighted by Gasteiger charge is 2.05. The third-order valence-electron chi connectivity index (χ3n) is 1.35. The Morgan fingerprint density at radius 2 is 1.55 bits per heavy atom. The van der Waals surface area contributed by atoms with Crippen LogP contribution >= 0.6 is 0 Å². The van der Waals surface area contributed by atoms with Crippen molar-refractivity contribution in [2.24, 2.45) is 5.41 Å². The normalized spacial score (nSPS) is 13.5. The van der Waals surface area contributed by atoms with Gasteiger partial charge in [0.15, 0.2) is 0 Å². The average molecular weight is 152 g/mol. The lowest BCUT2D eigenvalue weighted by Gasteiger charge is -2.13. The van der Waals surface area contributed by atoms with Gasteiger partial charge in [0.2, 0.25) is 0 Å². The van der Waals surface area contributed by atoms with Crippen LogP contribution in [0.25, 0.3) is 0 Å². The molecule has 0 N–H and O–H groups in total. The molecule has 0 saturated carbocycles. The summed E-state index contributed by atoms with van der Waals surface area (Å²) in [6.07, 6.45) is 10.9. The first-order valence-corrected chi connectivity index (χ1v) is 4.38. The van der Waals surface area contributed by atoms with Gasteiger partial charge in [-0.2, -0.15) is 0 Å². The van der Waals surface area contributed by atoms with Gasteiger partial charge in [-0.15, -0.1) is 0 Å². The zero-order chi connectivity index (χ0) is 8.74. The maximum atomic E-state index is 2.25. The summed E-state index contributed by atoms with van der Waals surface area (Å²) >= 11 is 0. The first-order chi connectivity index (χ1) is 5.06. The molecule has 11 heavy (non-hydrogen) atoms. The third kappa shape index (κ3) is 9.48. The summed E-state index contributed by atoms with van der Waals surface area (Å²) < 4.78 is 0. The molecule has 0 radical (unpaired) electrons. The van der Waals surface area contributed by atoms with Gasteiger partial charge in [0.05, 0.1) is 0 Å². The fraction of sp³-hybridized carbons (Fsp3) is 0.636. The van der Waals surface area contributed by atoms with Crippen LogP contribution in [0.3, 0.4) is 0 Å². The molecule has 0 nitrogen and oxygen atoms in total. The summed E-state index contributed by atoms with van der Waals surface area (Å²) in [5, 5.41) is 0. The largest absolute Gasteiger partial charge is 0.0848 e. The van der Waals surface area contributed by atoms with Crippen LogP contribution in [0.4, 0.5) is 0 Å². The Morgan fingerprint density at radius 3 is 2.00 bits per heavy atom. The van der Waals surface area contributed by atoms with E-state index in [1.165, 1.54) is 0 Å². The van der Waals surface area contributed by atoms with Gasteiger partial charge in [-0.25, -0.2) is 0 Å². The van der Waals surface area contributed by atoms with Gasteiger partial charge < -0.3 is 0 Å². The zero-order valence-corrected chi connectivity index (χ0v) is 8.22. The van der Waals surface area contributed by atoms with Gasteiger partial charge in [0.25, 0.3) is 0 Å². The molecule has 0 heterocycles. The van der Waals surface area contributed by atoms with Crippen molar-refractivity contribution in [3.05, 3.63) is 24.3 Å². The molecule has 0 atom stereocenters. The van der Waals surface area contributed by atoms with Crippen LogP contribution in [0.2, 0.25) is 0 Å². The molecule has 0 spiro atoms. The standard InChI is InChI=1S/C11H20/c1-5-6-7-8-9-10-11(2,3)4/h6-9H,5,10H2,1-4H3. The zero-order valence-electron chi connectivity index (χ0n) is 8.22. The lowest BCUT2D eigenvalue weighted by atomic mass is 9.92. The number of allylic oxidation sites excluding steroid dienone is 4. The highest BCUT2D eigenvalue weighted by atomic mass is 14.1. The second-order valence-electron chi connectivity index (χ2n) is 4.03. The molecule has 0 heteroatoms. The molecule has 0 aromatic rings. The van der Waals surface area contributed by atoms with E-state index in [1.54, 1.807) is 0 Å². The number of hydrogen-bond donors (Lipinski definition) is 0. The van der Waals surface area contributed by atoms with E-state index in [0.29, 0.717) is 5.41 Å². The quantitative estimate of drug-likeness (QED) is 0.537. The van der Waals surface area contributed by atoms with Crippen LogP contribution in [0.1, 0.15) is 40.5 Å². The van der Waals surface area contributed by atoms with Crippen LogP contribution in [0.15, 0.2) is 24.3 Å². The molecule has 0 aliphatic heterocycles. The minimum atomic E-state index is 0.427. The highest BCUT2D eigenvalue weighted by Crippen LogP contribution is 2.18. The number of hydrogen-bond acceptors (Lipinski definition) is 0. The van der Waals surface area contributed by atoms with Crippen LogP contribution < -0.4 is 0 Å². The Hall–Kier alpha value is -0.520. The van der Waals surface area contributed by atoms with Crippen molar-refractivity contribution < 1.29 is 0 Å². The Bertz CT molecular complexity index is 133. The van der Waals surface area contributed by atoms with Crippen molar-refractivity contribution >= 4 is 0 Å². The molecule has 0 aliphatic carbocycles. The van der Waals surface area contributed by atoms with Gasteiger partial charge in [-0.05, 0) is 18.3 Å². The molecule has 0 aromatic heterocycles. The van der Waals surface area contributed by atoms with E-state index in [-0.39, 0.29) is 0 Å².